The van der Waals surface area contributed by atoms with E-state index in [1.165, 1.54) is 0 Å². The zero-order chi connectivity index (χ0) is 20.0. The molecule has 0 N–H and O–H groups in total. The van der Waals surface area contributed by atoms with Gasteiger partial charge in [0.15, 0.2) is 0 Å². The average Bonchev–Trinajstić information content (AvgIpc) is 3.33. The first-order valence-electron chi connectivity index (χ1n) is 9.66. The highest BCUT2D eigenvalue weighted by atomic mass is 16.5. The van der Waals surface area contributed by atoms with E-state index in [1.54, 1.807) is 10.9 Å². The molecule has 0 amide bonds. The highest BCUT2D eigenvalue weighted by Gasteiger charge is 2.25. The molecule has 144 valence electrons. The van der Waals surface area contributed by atoms with Crippen molar-refractivity contribution in [1.82, 2.24) is 24.5 Å². The molecule has 0 radical (unpaired) electrons. The minimum Gasteiger partial charge on any atom is -0.484 e. The van der Waals surface area contributed by atoms with Crippen LogP contribution in [0, 0.1) is 18.3 Å². The number of fused-ring (bicyclic) bond motifs is 2. The number of aromatic nitrogens is 5. The molecule has 0 saturated heterocycles. The Morgan fingerprint density at radius 2 is 2.10 bits per heavy atom. The lowest BCUT2D eigenvalue weighted by atomic mass is 9.92. The summed E-state index contributed by atoms with van der Waals surface area (Å²) in [5.41, 5.74) is 5.34. The van der Waals surface area contributed by atoms with E-state index in [2.05, 4.69) is 16.3 Å². The van der Waals surface area contributed by atoms with Gasteiger partial charge in [0.2, 0.25) is 0 Å². The summed E-state index contributed by atoms with van der Waals surface area (Å²) in [7, 11) is 1.89. The molecular formula is C22H20N6O. The van der Waals surface area contributed by atoms with Crippen LogP contribution in [0.3, 0.4) is 0 Å². The van der Waals surface area contributed by atoms with Gasteiger partial charge in [0.1, 0.15) is 23.6 Å². The monoisotopic (exact) mass is 384 g/mol. The zero-order valence-electron chi connectivity index (χ0n) is 16.3. The second kappa shape index (κ2) is 6.74. The lowest BCUT2D eigenvalue weighted by Gasteiger charge is -2.26. The number of hydrogen-bond donors (Lipinski definition) is 0. The van der Waals surface area contributed by atoms with E-state index in [4.69, 9.17) is 9.72 Å². The molecule has 1 atom stereocenters. The molecular weight excluding hydrogens is 364 g/mol. The van der Waals surface area contributed by atoms with Gasteiger partial charge in [0, 0.05) is 18.5 Å². The first-order valence-corrected chi connectivity index (χ1v) is 9.66. The van der Waals surface area contributed by atoms with Gasteiger partial charge in [-0.3, -0.25) is 9.67 Å². The summed E-state index contributed by atoms with van der Waals surface area (Å²) < 4.78 is 10.00. The van der Waals surface area contributed by atoms with Crippen LogP contribution in [0.15, 0.2) is 42.9 Å². The Hall–Kier alpha value is -3.66. The van der Waals surface area contributed by atoms with Crippen molar-refractivity contribution in [2.45, 2.75) is 32.3 Å². The maximum atomic E-state index is 9.29. The highest BCUT2D eigenvalue weighted by Crippen LogP contribution is 2.34. The van der Waals surface area contributed by atoms with Gasteiger partial charge in [-0.2, -0.15) is 15.5 Å². The highest BCUT2D eigenvalue weighted by molar-refractivity contribution is 5.81. The van der Waals surface area contributed by atoms with Crippen LogP contribution in [-0.4, -0.2) is 24.5 Å². The van der Waals surface area contributed by atoms with Gasteiger partial charge in [0.25, 0.3) is 0 Å². The van der Waals surface area contributed by atoms with Crippen molar-refractivity contribution in [3.8, 4) is 17.5 Å². The van der Waals surface area contributed by atoms with Crippen molar-refractivity contribution in [3.63, 3.8) is 0 Å². The molecule has 4 aromatic rings. The second-order valence-electron chi connectivity index (χ2n) is 7.43. The van der Waals surface area contributed by atoms with Crippen LogP contribution < -0.4 is 4.74 Å². The Bertz CT molecular complexity index is 1260. The van der Waals surface area contributed by atoms with Crippen LogP contribution in [-0.2, 0) is 13.5 Å². The fourth-order valence-corrected chi connectivity index (χ4v) is 3.95. The van der Waals surface area contributed by atoms with Gasteiger partial charge in [-0.05, 0) is 49.9 Å². The molecule has 1 aliphatic rings. The number of benzene rings is 1. The van der Waals surface area contributed by atoms with Crippen LogP contribution in [0.4, 0.5) is 0 Å². The van der Waals surface area contributed by atoms with E-state index in [0.29, 0.717) is 5.56 Å². The van der Waals surface area contributed by atoms with Crippen LogP contribution in [0.1, 0.15) is 41.5 Å². The Morgan fingerprint density at radius 1 is 1.21 bits per heavy atom. The van der Waals surface area contributed by atoms with Crippen molar-refractivity contribution in [2.24, 2.45) is 7.05 Å². The largest absolute Gasteiger partial charge is 0.484 e. The molecule has 29 heavy (non-hydrogen) atoms. The summed E-state index contributed by atoms with van der Waals surface area (Å²) in [6, 6.07) is 10.2. The normalized spacial score (nSPS) is 15.8. The third-order valence-corrected chi connectivity index (χ3v) is 5.42. The van der Waals surface area contributed by atoms with E-state index >= 15 is 0 Å². The van der Waals surface area contributed by atoms with Gasteiger partial charge in [-0.25, -0.2) is 4.68 Å². The molecule has 1 unspecified atom stereocenters. The molecule has 7 nitrogen and oxygen atoms in total. The predicted molar refractivity (Wildman–Crippen MR) is 108 cm³/mol. The molecule has 0 aliphatic heterocycles. The van der Waals surface area contributed by atoms with E-state index in [-0.39, 0.29) is 6.10 Å². The number of rotatable bonds is 3. The molecule has 0 bridgehead atoms. The number of nitrogens with zero attached hydrogens (tertiary/aromatic N) is 6. The van der Waals surface area contributed by atoms with Crippen molar-refractivity contribution < 1.29 is 4.74 Å². The van der Waals surface area contributed by atoms with Gasteiger partial charge in [-0.1, -0.05) is 0 Å². The van der Waals surface area contributed by atoms with Gasteiger partial charge in [0.05, 0.1) is 41.1 Å². The van der Waals surface area contributed by atoms with Gasteiger partial charge < -0.3 is 4.74 Å². The SMILES string of the molecule is Cc1nc2c(cc1C#N)CCCC2Oc1ccc2cnn(-c3cnn(C)c3)c2c1. The van der Waals surface area contributed by atoms with Gasteiger partial charge >= 0.3 is 0 Å². The molecule has 1 aromatic carbocycles. The van der Waals surface area contributed by atoms with Crippen LogP contribution in [0.2, 0.25) is 0 Å². The lowest BCUT2D eigenvalue weighted by molar-refractivity contribution is 0.178. The smallest absolute Gasteiger partial charge is 0.141 e. The molecule has 3 heterocycles. The van der Waals surface area contributed by atoms with Crippen molar-refractivity contribution in [1.29, 1.82) is 5.26 Å². The maximum absolute atomic E-state index is 9.29. The minimum atomic E-state index is -0.114. The quantitative estimate of drug-likeness (QED) is 0.537. The fourth-order valence-electron chi connectivity index (χ4n) is 3.95. The van der Waals surface area contributed by atoms with Crippen LogP contribution in [0.5, 0.6) is 5.75 Å². The summed E-state index contributed by atoms with van der Waals surface area (Å²) in [5.74, 6) is 0.782. The predicted octanol–water partition coefficient (Wildman–Crippen LogP) is 3.79. The molecule has 0 spiro atoms. The van der Waals surface area contributed by atoms with E-state index in [1.807, 2.05) is 55.3 Å². The van der Waals surface area contributed by atoms with Crippen molar-refractivity contribution >= 4 is 10.9 Å². The Balaban J connectivity index is 1.50. The summed E-state index contributed by atoms with van der Waals surface area (Å²) in [5, 5.41) is 19.1. The molecule has 5 rings (SSSR count). The third-order valence-electron chi connectivity index (χ3n) is 5.42. The first kappa shape index (κ1) is 17.4. The Kier molecular flexibility index (Phi) is 4.06. The van der Waals surface area contributed by atoms with Crippen molar-refractivity contribution in [3.05, 3.63) is 65.4 Å². The summed E-state index contributed by atoms with van der Waals surface area (Å²) in [4.78, 5) is 4.71. The Morgan fingerprint density at radius 3 is 2.90 bits per heavy atom. The molecule has 1 aliphatic carbocycles. The Labute approximate surface area is 168 Å². The average molecular weight is 384 g/mol. The van der Waals surface area contributed by atoms with E-state index in [9.17, 15) is 5.26 Å². The minimum absolute atomic E-state index is 0.114. The molecule has 0 fully saturated rings. The maximum Gasteiger partial charge on any atom is 0.141 e. The molecule has 0 saturated carbocycles. The first-order chi connectivity index (χ1) is 14.1. The third kappa shape index (κ3) is 3.03. The van der Waals surface area contributed by atoms with Crippen LogP contribution in [0.25, 0.3) is 16.6 Å². The zero-order valence-corrected chi connectivity index (χ0v) is 16.3. The number of aryl methyl sites for hydroxylation is 3. The summed E-state index contributed by atoms with van der Waals surface area (Å²) in [6.45, 7) is 1.88. The standard InChI is InChI=1S/C22H20N6O/c1-14-17(10-23)8-15-4-3-5-21(22(15)26-14)29-19-7-6-16-11-25-28(20(16)9-19)18-12-24-27(2)13-18/h6-9,11-13,21H,3-5H2,1-2H3. The topological polar surface area (TPSA) is 81.6 Å². The van der Waals surface area contributed by atoms with E-state index < -0.39 is 0 Å². The molecule has 3 aromatic heterocycles. The number of ether oxygens (including phenoxy) is 1. The van der Waals surface area contributed by atoms with Gasteiger partial charge in [-0.15, -0.1) is 0 Å². The van der Waals surface area contributed by atoms with E-state index in [0.717, 1.165) is 58.6 Å². The fraction of sp³-hybridized carbons (Fsp3) is 0.273. The number of nitriles is 1. The van der Waals surface area contributed by atoms with Crippen molar-refractivity contribution in [2.75, 3.05) is 0 Å². The second-order valence-corrected chi connectivity index (χ2v) is 7.43. The van der Waals surface area contributed by atoms with Crippen LogP contribution >= 0.6 is 0 Å². The molecule has 7 heteroatoms. The number of hydrogen-bond acceptors (Lipinski definition) is 5. The lowest BCUT2D eigenvalue weighted by Crippen LogP contribution is -2.18. The summed E-state index contributed by atoms with van der Waals surface area (Å²) in [6.07, 6.45) is 8.31. The summed E-state index contributed by atoms with van der Waals surface area (Å²) >= 11 is 0. The number of pyridine rings is 1.